The summed E-state index contributed by atoms with van der Waals surface area (Å²) in [6, 6.07) is 11.9. The van der Waals surface area contributed by atoms with E-state index in [2.05, 4.69) is 10.1 Å². The lowest BCUT2D eigenvalue weighted by molar-refractivity contribution is 0.282. The van der Waals surface area contributed by atoms with E-state index in [0.717, 1.165) is 22.5 Å². The topological polar surface area (TPSA) is 50.9 Å². The average molecular weight is 265 g/mol. The zero-order chi connectivity index (χ0) is 13.9. The van der Waals surface area contributed by atoms with Gasteiger partial charge in [0, 0.05) is 29.7 Å². The van der Waals surface area contributed by atoms with Crippen LogP contribution in [0.5, 0.6) is 0 Å². The number of aryl methyl sites for hydroxylation is 1. The molecule has 3 aromatic rings. The molecule has 0 atom stereocenters. The number of nitrogens with zero attached hydrogens (tertiary/aromatic N) is 3. The molecule has 2 aromatic heterocycles. The molecule has 0 saturated heterocycles. The molecule has 20 heavy (non-hydrogen) atoms. The first kappa shape index (κ1) is 12.6. The van der Waals surface area contributed by atoms with E-state index in [1.165, 1.54) is 5.56 Å². The molecule has 0 aliphatic carbocycles. The number of hydrogen-bond donors (Lipinski definition) is 1. The molecule has 3 rings (SSSR count). The highest BCUT2D eigenvalue weighted by Gasteiger charge is 2.11. The molecule has 0 unspecified atom stereocenters. The molecule has 0 saturated carbocycles. The van der Waals surface area contributed by atoms with Crippen LogP contribution >= 0.6 is 0 Å². The highest BCUT2D eigenvalue weighted by Crippen LogP contribution is 2.23. The van der Waals surface area contributed by atoms with E-state index in [4.69, 9.17) is 0 Å². The summed E-state index contributed by atoms with van der Waals surface area (Å²) in [7, 11) is 0. The summed E-state index contributed by atoms with van der Waals surface area (Å²) in [6.45, 7) is 2.00. The van der Waals surface area contributed by atoms with Gasteiger partial charge in [0.1, 0.15) is 0 Å². The van der Waals surface area contributed by atoms with Crippen molar-refractivity contribution in [2.24, 2.45) is 0 Å². The van der Waals surface area contributed by atoms with E-state index in [0.29, 0.717) is 0 Å². The number of aromatic nitrogens is 3. The molecule has 1 N–H and O–H groups in total. The maximum absolute atomic E-state index is 9.51. The van der Waals surface area contributed by atoms with Gasteiger partial charge in [0.2, 0.25) is 0 Å². The van der Waals surface area contributed by atoms with E-state index >= 15 is 0 Å². The Balaban J connectivity index is 2.07. The standard InChI is InChI=1S/C16H15N3O/c1-12-4-6-15(7-5-12)19-10-14(11-20)16(18-19)13-3-2-8-17-9-13/h2-10,20H,11H2,1H3. The molecule has 0 bridgehead atoms. The minimum atomic E-state index is -0.0455. The van der Waals surface area contributed by atoms with Crippen LogP contribution in [0.15, 0.2) is 55.0 Å². The van der Waals surface area contributed by atoms with Gasteiger partial charge in [-0.25, -0.2) is 4.68 Å². The van der Waals surface area contributed by atoms with Crippen LogP contribution < -0.4 is 0 Å². The van der Waals surface area contributed by atoms with E-state index in [1.54, 1.807) is 17.1 Å². The molecule has 0 spiro atoms. The van der Waals surface area contributed by atoms with E-state index in [9.17, 15) is 5.11 Å². The molecule has 4 nitrogen and oxygen atoms in total. The zero-order valence-electron chi connectivity index (χ0n) is 11.2. The second-order valence-corrected chi connectivity index (χ2v) is 4.68. The van der Waals surface area contributed by atoms with Gasteiger partial charge in [0.25, 0.3) is 0 Å². The lowest BCUT2D eigenvalue weighted by atomic mass is 10.1. The highest BCUT2D eigenvalue weighted by atomic mass is 16.3. The Bertz CT molecular complexity index is 702. The first-order valence-electron chi connectivity index (χ1n) is 6.45. The van der Waals surface area contributed by atoms with Crippen molar-refractivity contribution in [2.75, 3.05) is 0 Å². The molecule has 0 fully saturated rings. The van der Waals surface area contributed by atoms with Crippen LogP contribution in [0.4, 0.5) is 0 Å². The van der Waals surface area contributed by atoms with Crippen LogP contribution in [0, 0.1) is 6.92 Å². The largest absolute Gasteiger partial charge is 0.392 e. The number of rotatable bonds is 3. The Labute approximate surface area is 117 Å². The highest BCUT2D eigenvalue weighted by molar-refractivity contribution is 5.62. The quantitative estimate of drug-likeness (QED) is 0.792. The normalized spacial score (nSPS) is 10.7. The number of benzene rings is 1. The van der Waals surface area contributed by atoms with Gasteiger partial charge in [-0.2, -0.15) is 5.10 Å². The SMILES string of the molecule is Cc1ccc(-n2cc(CO)c(-c3cccnc3)n2)cc1. The van der Waals surface area contributed by atoms with E-state index in [-0.39, 0.29) is 6.61 Å². The summed E-state index contributed by atoms with van der Waals surface area (Å²) in [5, 5.41) is 14.1. The minimum Gasteiger partial charge on any atom is -0.392 e. The number of aliphatic hydroxyl groups excluding tert-OH is 1. The van der Waals surface area contributed by atoms with Crippen molar-refractivity contribution in [3.05, 3.63) is 66.1 Å². The lowest BCUT2D eigenvalue weighted by Crippen LogP contribution is -1.94. The second kappa shape index (κ2) is 5.27. The predicted octanol–water partition coefficient (Wildman–Crippen LogP) is 2.74. The number of aliphatic hydroxyl groups is 1. The molecule has 2 heterocycles. The van der Waals surface area contributed by atoms with Crippen LogP contribution in [0.25, 0.3) is 16.9 Å². The lowest BCUT2D eigenvalue weighted by Gasteiger charge is -2.01. The molecular formula is C16H15N3O. The van der Waals surface area contributed by atoms with Crippen LogP contribution in [0.1, 0.15) is 11.1 Å². The number of hydrogen-bond acceptors (Lipinski definition) is 3. The summed E-state index contributed by atoms with van der Waals surface area (Å²) in [5.74, 6) is 0. The van der Waals surface area contributed by atoms with Gasteiger partial charge in [0.15, 0.2) is 0 Å². The maximum atomic E-state index is 9.51. The summed E-state index contributed by atoms with van der Waals surface area (Å²) in [6.07, 6.45) is 5.33. The predicted molar refractivity (Wildman–Crippen MR) is 77.5 cm³/mol. The second-order valence-electron chi connectivity index (χ2n) is 4.68. The molecule has 4 heteroatoms. The molecular weight excluding hydrogens is 250 g/mol. The summed E-state index contributed by atoms with van der Waals surface area (Å²) in [5.41, 5.74) is 4.64. The Kier molecular flexibility index (Phi) is 3.31. The fourth-order valence-corrected chi connectivity index (χ4v) is 2.10. The van der Waals surface area contributed by atoms with Crippen molar-refractivity contribution in [3.63, 3.8) is 0 Å². The summed E-state index contributed by atoms with van der Waals surface area (Å²) in [4.78, 5) is 4.10. The molecule has 0 aliphatic heterocycles. The van der Waals surface area contributed by atoms with Gasteiger partial charge >= 0.3 is 0 Å². The Morgan fingerprint density at radius 3 is 2.60 bits per heavy atom. The van der Waals surface area contributed by atoms with Gasteiger partial charge in [-0.15, -0.1) is 0 Å². The average Bonchev–Trinajstić information content (AvgIpc) is 2.93. The molecule has 0 amide bonds. The van der Waals surface area contributed by atoms with Gasteiger partial charge in [0.05, 0.1) is 18.0 Å². The van der Waals surface area contributed by atoms with Gasteiger partial charge < -0.3 is 5.11 Å². The zero-order valence-corrected chi connectivity index (χ0v) is 11.2. The van der Waals surface area contributed by atoms with Crippen molar-refractivity contribution in [3.8, 4) is 16.9 Å². The van der Waals surface area contributed by atoms with Crippen molar-refractivity contribution >= 4 is 0 Å². The maximum Gasteiger partial charge on any atom is 0.0998 e. The van der Waals surface area contributed by atoms with Crippen LogP contribution in [-0.2, 0) is 6.61 Å². The minimum absolute atomic E-state index is 0.0455. The van der Waals surface area contributed by atoms with Gasteiger partial charge in [-0.1, -0.05) is 17.7 Å². The molecule has 1 aromatic carbocycles. The van der Waals surface area contributed by atoms with Crippen molar-refractivity contribution in [1.29, 1.82) is 0 Å². The van der Waals surface area contributed by atoms with Crippen LogP contribution in [0.3, 0.4) is 0 Å². The van der Waals surface area contributed by atoms with Crippen molar-refractivity contribution in [2.45, 2.75) is 13.5 Å². The Morgan fingerprint density at radius 1 is 1.15 bits per heavy atom. The third kappa shape index (κ3) is 2.33. The third-order valence-corrected chi connectivity index (χ3v) is 3.19. The third-order valence-electron chi connectivity index (χ3n) is 3.19. The number of pyridine rings is 1. The fourth-order valence-electron chi connectivity index (χ4n) is 2.10. The molecule has 100 valence electrons. The Morgan fingerprint density at radius 2 is 1.95 bits per heavy atom. The van der Waals surface area contributed by atoms with E-state index in [1.807, 2.05) is 49.5 Å². The van der Waals surface area contributed by atoms with Crippen LogP contribution in [0.2, 0.25) is 0 Å². The summed E-state index contributed by atoms with van der Waals surface area (Å²) >= 11 is 0. The fraction of sp³-hybridized carbons (Fsp3) is 0.125. The monoisotopic (exact) mass is 265 g/mol. The first-order valence-corrected chi connectivity index (χ1v) is 6.45. The van der Waals surface area contributed by atoms with Gasteiger partial charge in [-0.3, -0.25) is 4.98 Å². The summed E-state index contributed by atoms with van der Waals surface area (Å²) < 4.78 is 1.79. The van der Waals surface area contributed by atoms with Crippen molar-refractivity contribution < 1.29 is 5.11 Å². The van der Waals surface area contributed by atoms with Crippen LogP contribution in [-0.4, -0.2) is 19.9 Å². The Hall–Kier alpha value is -2.46. The first-order chi connectivity index (χ1) is 9.78. The molecule has 0 aliphatic rings. The molecule has 0 radical (unpaired) electrons. The van der Waals surface area contributed by atoms with Gasteiger partial charge in [-0.05, 0) is 31.2 Å². The van der Waals surface area contributed by atoms with E-state index < -0.39 is 0 Å². The van der Waals surface area contributed by atoms with Crippen molar-refractivity contribution in [1.82, 2.24) is 14.8 Å². The smallest absolute Gasteiger partial charge is 0.0998 e.